The van der Waals surface area contributed by atoms with Crippen LogP contribution in [0.25, 0.3) is 0 Å². The Hall–Kier alpha value is -1.22. The first kappa shape index (κ1) is 10.3. The standard InChI is InChI=1S/C12H18N2O/c1-9(15)12-3-2-8-14(12)11-6-4-10(13)5-7-11/h4-7,9,12,15H,2-3,8,13H2,1H3/t9-,12+/m1/s1. The number of rotatable bonds is 2. The molecule has 0 bridgehead atoms. The van der Waals surface area contributed by atoms with Crippen LogP contribution in [0.2, 0.25) is 0 Å². The van der Waals surface area contributed by atoms with E-state index in [-0.39, 0.29) is 12.1 Å². The molecule has 0 unspecified atom stereocenters. The van der Waals surface area contributed by atoms with Crippen molar-refractivity contribution in [3.8, 4) is 0 Å². The second-order valence-corrected chi connectivity index (χ2v) is 4.24. The molecule has 1 aliphatic rings. The number of hydrogen-bond donors (Lipinski definition) is 2. The lowest BCUT2D eigenvalue weighted by molar-refractivity contribution is 0.164. The maximum Gasteiger partial charge on any atom is 0.0715 e. The van der Waals surface area contributed by atoms with Crippen LogP contribution in [-0.2, 0) is 0 Å². The maximum atomic E-state index is 9.67. The van der Waals surface area contributed by atoms with E-state index in [1.807, 2.05) is 31.2 Å². The van der Waals surface area contributed by atoms with Crippen molar-refractivity contribution < 1.29 is 5.11 Å². The van der Waals surface area contributed by atoms with Crippen molar-refractivity contribution in [1.82, 2.24) is 0 Å². The lowest BCUT2D eigenvalue weighted by atomic mass is 10.1. The number of benzene rings is 1. The van der Waals surface area contributed by atoms with Crippen LogP contribution < -0.4 is 10.6 Å². The second-order valence-electron chi connectivity index (χ2n) is 4.24. The van der Waals surface area contributed by atoms with Crippen LogP contribution in [0, 0.1) is 0 Å². The van der Waals surface area contributed by atoms with Gasteiger partial charge in [-0.05, 0) is 44.0 Å². The van der Waals surface area contributed by atoms with Crippen molar-refractivity contribution in [2.75, 3.05) is 17.2 Å². The summed E-state index contributed by atoms with van der Waals surface area (Å²) < 4.78 is 0. The molecule has 0 radical (unpaired) electrons. The fourth-order valence-corrected chi connectivity index (χ4v) is 2.28. The van der Waals surface area contributed by atoms with Gasteiger partial charge < -0.3 is 15.7 Å². The number of hydrogen-bond acceptors (Lipinski definition) is 3. The lowest BCUT2D eigenvalue weighted by Crippen LogP contribution is -2.37. The van der Waals surface area contributed by atoms with Crippen LogP contribution in [0.5, 0.6) is 0 Å². The van der Waals surface area contributed by atoms with Gasteiger partial charge in [0, 0.05) is 17.9 Å². The average molecular weight is 206 g/mol. The Balaban J connectivity index is 2.19. The molecular weight excluding hydrogens is 188 g/mol. The molecule has 3 heteroatoms. The Morgan fingerprint density at radius 2 is 2.07 bits per heavy atom. The van der Waals surface area contributed by atoms with E-state index in [4.69, 9.17) is 5.73 Å². The number of anilines is 2. The van der Waals surface area contributed by atoms with Crippen LogP contribution >= 0.6 is 0 Å². The topological polar surface area (TPSA) is 49.5 Å². The molecule has 0 saturated carbocycles. The van der Waals surface area contributed by atoms with Gasteiger partial charge in [-0.15, -0.1) is 0 Å². The first-order chi connectivity index (χ1) is 7.18. The lowest BCUT2D eigenvalue weighted by Gasteiger charge is -2.28. The van der Waals surface area contributed by atoms with Crippen molar-refractivity contribution in [2.24, 2.45) is 0 Å². The molecule has 1 aromatic rings. The zero-order valence-corrected chi connectivity index (χ0v) is 9.06. The van der Waals surface area contributed by atoms with Gasteiger partial charge in [-0.1, -0.05) is 0 Å². The molecule has 2 rings (SSSR count). The molecule has 0 spiro atoms. The van der Waals surface area contributed by atoms with E-state index in [0.29, 0.717) is 0 Å². The molecule has 1 aliphatic heterocycles. The van der Waals surface area contributed by atoms with Gasteiger partial charge in [0.05, 0.1) is 12.1 Å². The monoisotopic (exact) mass is 206 g/mol. The van der Waals surface area contributed by atoms with Gasteiger partial charge >= 0.3 is 0 Å². The van der Waals surface area contributed by atoms with Crippen LogP contribution in [0.3, 0.4) is 0 Å². The molecule has 0 amide bonds. The van der Waals surface area contributed by atoms with E-state index in [0.717, 1.165) is 30.8 Å². The summed E-state index contributed by atoms with van der Waals surface area (Å²) in [5, 5.41) is 9.67. The van der Waals surface area contributed by atoms with Crippen LogP contribution in [0.4, 0.5) is 11.4 Å². The minimum atomic E-state index is -0.273. The number of nitrogens with two attached hydrogens (primary N) is 1. The Kier molecular flexibility index (Phi) is 2.82. The van der Waals surface area contributed by atoms with Crippen molar-refractivity contribution in [3.63, 3.8) is 0 Å². The molecule has 1 fully saturated rings. The highest BCUT2D eigenvalue weighted by atomic mass is 16.3. The van der Waals surface area contributed by atoms with E-state index >= 15 is 0 Å². The quantitative estimate of drug-likeness (QED) is 0.723. The summed E-state index contributed by atoms with van der Waals surface area (Å²) in [5.74, 6) is 0. The van der Waals surface area contributed by atoms with E-state index in [1.54, 1.807) is 0 Å². The number of nitrogen functional groups attached to an aromatic ring is 1. The fourth-order valence-electron chi connectivity index (χ4n) is 2.28. The van der Waals surface area contributed by atoms with Gasteiger partial charge in [0.25, 0.3) is 0 Å². The summed E-state index contributed by atoms with van der Waals surface area (Å²) in [6.07, 6.45) is 1.95. The molecule has 1 saturated heterocycles. The van der Waals surface area contributed by atoms with Crippen molar-refractivity contribution in [1.29, 1.82) is 0 Å². The molecule has 15 heavy (non-hydrogen) atoms. The van der Waals surface area contributed by atoms with Gasteiger partial charge in [0.1, 0.15) is 0 Å². The summed E-state index contributed by atoms with van der Waals surface area (Å²) in [7, 11) is 0. The third-order valence-electron chi connectivity index (χ3n) is 3.08. The predicted octanol–water partition coefficient (Wildman–Crippen LogP) is 1.62. The maximum absolute atomic E-state index is 9.67. The number of aliphatic hydroxyl groups excluding tert-OH is 1. The molecule has 3 nitrogen and oxygen atoms in total. The van der Waals surface area contributed by atoms with Gasteiger partial charge in [0.2, 0.25) is 0 Å². The third-order valence-corrected chi connectivity index (χ3v) is 3.08. The van der Waals surface area contributed by atoms with E-state index < -0.39 is 0 Å². The van der Waals surface area contributed by atoms with Gasteiger partial charge in [-0.2, -0.15) is 0 Å². The SMILES string of the molecule is C[C@@H](O)[C@@H]1CCCN1c1ccc(N)cc1. The Morgan fingerprint density at radius 1 is 1.40 bits per heavy atom. The number of aliphatic hydroxyl groups is 1. The Labute approximate surface area is 90.5 Å². The van der Waals surface area contributed by atoms with Crippen LogP contribution in [-0.4, -0.2) is 23.8 Å². The molecule has 3 N–H and O–H groups in total. The third kappa shape index (κ3) is 2.07. The van der Waals surface area contributed by atoms with Gasteiger partial charge in [0.15, 0.2) is 0 Å². The summed E-state index contributed by atoms with van der Waals surface area (Å²) in [5.41, 5.74) is 7.60. The molecule has 82 valence electrons. The van der Waals surface area contributed by atoms with Crippen molar-refractivity contribution >= 4 is 11.4 Å². The van der Waals surface area contributed by atoms with Crippen LogP contribution in [0.15, 0.2) is 24.3 Å². The fraction of sp³-hybridized carbons (Fsp3) is 0.500. The number of nitrogens with zero attached hydrogens (tertiary/aromatic N) is 1. The van der Waals surface area contributed by atoms with Crippen LogP contribution in [0.1, 0.15) is 19.8 Å². The first-order valence-electron chi connectivity index (χ1n) is 5.49. The van der Waals surface area contributed by atoms with Gasteiger partial charge in [-0.25, -0.2) is 0 Å². The van der Waals surface area contributed by atoms with Crippen molar-refractivity contribution in [2.45, 2.75) is 31.9 Å². The Morgan fingerprint density at radius 3 is 2.67 bits per heavy atom. The molecular formula is C12H18N2O. The normalized spacial score (nSPS) is 23.1. The molecule has 0 aromatic heterocycles. The largest absolute Gasteiger partial charge is 0.399 e. The second kappa shape index (κ2) is 4.11. The Bertz CT molecular complexity index is 321. The minimum Gasteiger partial charge on any atom is -0.399 e. The summed E-state index contributed by atoms with van der Waals surface area (Å²) >= 11 is 0. The minimum absolute atomic E-state index is 0.258. The van der Waals surface area contributed by atoms with Crippen molar-refractivity contribution in [3.05, 3.63) is 24.3 Å². The highest BCUT2D eigenvalue weighted by Gasteiger charge is 2.28. The van der Waals surface area contributed by atoms with E-state index in [2.05, 4.69) is 4.90 Å². The zero-order chi connectivity index (χ0) is 10.8. The summed E-state index contributed by atoms with van der Waals surface area (Å²) in [6, 6.07) is 8.12. The average Bonchev–Trinajstić information content (AvgIpc) is 2.67. The predicted molar refractivity (Wildman–Crippen MR) is 62.9 cm³/mol. The molecule has 1 aromatic carbocycles. The zero-order valence-electron chi connectivity index (χ0n) is 9.06. The van der Waals surface area contributed by atoms with E-state index in [9.17, 15) is 5.11 Å². The molecule has 0 aliphatic carbocycles. The summed E-state index contributed by atoms with van der Waals surface area (Å²) in [6.45, 7) is 2.89. The first-order valence-corrected chi connectivity index (χ1v) is 5.49. The summed E-state index contributed by atoms with van der Waals surface area (Å²) in [4.78, 5) is 2.27. The van der Waals surface area contributed by atoms with E-state index in [1.165, 1.54) is 0 Å². The van der Waals surface area contributed by atoms with Gasteiger partial charge in [-0.3, -0.25) is 0 Å². The highest BCUT2D eigenvalue weighted by Crippen LogP contribution is 2.27. The molecule has 2 atom stereocenters. The highest BCUT2D eigenvalue weighted by molar-refractivity contribution is 5.54. The molecule has 1 heterocycles. The smallest absolute Gasteiger partial charge is 0.0715 e.